The minimum atomic E-state index is -3.25. The maximum absolute atomic E-state index is 13.8. The first-order chi connectivity index (χ1) is 14.9. The zero-order chi connectivity index (χ0) is 22.0. The first kappa shape index (κ1) is 21.7. The van der Waals surface area contributed by atoms with E-state index in [9.17, 15) is 17.9 Å². The molecule has 2 aromatic rings. The van der Waals surface area contributed by atoms with Crippen molar-refractivity contribution in [3.8, 4) is 5.75 Å². The van der Waals surface area contributed by atoms with Crippen molar-refractivity contribution in [3.05, 3.63) is 70.8 Å². The molecule has 2 aliphatic heterocycles. The van der Waals surface area contributed by atoms with Crippen molar-refractivity contribution in [1.82, 2.24) is 4.98 Å². The smallest absolute Gasteiger partial charge is 0.165 e. The lowest BCUT2D eigenvalue weighted by Gasteiger charge is -2.15. The second-order valence-corrected chi connectivity index (χ2v) is 9.93. The molecule has 0 aliphatic carbocycles. The summed E-state index contributed by atoms with van der Waals surface area (Å²) in [5.74, 6) is -1.07. The number of phenols is 1. The van der Waals surface area contributed by atoms with Crippen molar-refractivity contribution in [2.75, 3.05) is 26.1 Å². The van der Waals surface area contributed by atoms with Crippen LogP contribution in [0.1, 0.15) is 24.1 Å². The van der Waals surface area contributed by atoms with Crippen molar-refractivity contribution in [2.24, 2.45) is 0 Å². The lowest BCUT2D eigenvalue weighted by Crippen LogP contribution is -2.19. The van der Waals surface area contributed by atoms with Crippen molar-refractivity contribution in [1.29, 1.82) is 0 Å². The SMILES string of the molecule is COCC1=C2[C@@H](CC/C(=C/c3ccc(O)c(F)c3)c3ccccn3)OC[C@@H]2S(=O)(=O)C1. The van der Waals surface area contributed by atoms with Crippen LogP contribution >= 0.6 is 0 Å². The molecule has 1 aromatic carbocycles. The number of allylic oxidation sites excluding steroid dienone is 1. The summed E-state index contributed by atoms with van der Waals surface area (Å²) in [6.07, 6.45) is 4.33. The van der Waals surface area contributed by atoms with Gasteiger partial charge in [0.15, 0.2) is 21.4 Å². The van der Waals surface area contributed by atoms with Crippen molar-refractivity contribution in [2.45, 2.75) is 24.2 Å². The average Bonchev–Trinajstić information content (AvgIpc) is 3.28. The maximum atomic E-state index is 13.8. The third-order valence-electron chi connectivity index (χ3n) is 5.66. The Labute approximate surface area is 181 Å². The van der Waals surface area contributed by atoms with E-state index in [0.29, 0.717) is 18.4 Å². The van der Waals surface area contributed by atoms with E-state index in [1.54, 1.807) is 19.4 Å². The van der Waals surface area contributed by atoms with Gasteiger partial charge in [-0.2, -0.15) is 0 Å². The molecule has 8 heteroatoms. The topological polar surface area (TPSA) is 85.7 Å². The van der Waals surface area contributed by atoms with Gasteiger partial charge in [0.1, 0.15) is 5.25 Å². The second kappa shape index (κ2) is 8.90. The van der Waals surface area contributed by atoms with Gasteiger partial charge in [-0.3, -0.25) is 4.98 Å². The molecule has 0 bridgehead atoms. The summed E-state index contributed by atoms with van der Waals surface area (Å²) in [7, 11) is -1.70. The highest BCUT2D eigenvalue weighted by Gasteiger charge is 2.46. The summed E-state index contributed by atoms with van der Waals surface area (Å²) in [4.78, 5) is 4.41. The van der Waals surface area contributed by atoms with Crippen LogP contribution in [0.4, 0.5) is 4.39 Å². The minimum Gasteiger partial charge on any atom is -0.505 e. The lowest BCUT2D eigenvalue weighted by molar-refractivity contribution is 0.118. The fraction of sp³-hybridized carbons (Fsp3) is 0.348. The van der Waals surface area contributed by atoms with E-state index in [2.05, 4.69) is 4.98 Å². The fourth-order valence-electron chi connectivity index (χ4n) is 4.24. The standard InChI is InChI=1S/C23H24FNO5S/c1-29-12-17-14-31(27,28)22-13-30-21(23(17)22)8-6-16(19-4-2-3-9-25-19)10-15-5-7-20(26)18(24)11-15/h2-5,7,9-11,21-22,26H,6,8,12-14H2,1H3/b16-10-/t21-,22+/m1/s1. The van der Waals surface area contributed by atoms with E-state index in [-0.39, 0.29) is 25.1 Å². The first-order valence-electron chi connectivity index (χ1n) is 10.0. The van der Waals surface area contributed by atoms with E-state index in [4.69, 9.17) is 9.47 Å². The Morgan fingerprint density at radius 2 is 2.19 bits per heavy atom. The van der Waals surface area contributed by atoms with Gasteiger partial charge in [0, 0.05) is 13.3 Å². The number of benzene rings is 1. The van der Waals surface area contributed by atoms with E-state index in [1.807, 2.05) is 24.3 Å². The number of ether oxygens (including phenoxy) is 2. The van der Waals surface area contributed by atoms with Gasteiger partial charge < -0.3 is 14.6 Å². The lowest BCUT2D eigenvalue weighted by atomic mass is 9.95. The summed E-state index contributed by atoms with van der Waals surface area (Å²) in [5.41, 5.74) is 3.84. The number of pyridine rings is 1. The molecule has 0 spiro atoms. The Morgan fingerprint density at radius 1 is 1.35 bits per heavy atom. The quantitative estimate of drug-likeness (QED) is 0.658. The monoisotopic (exact) mass is 445 g/mol. The molecule has 0 unspecified atom stereocenters. The predicted molar refractivity (Wildman–Crippen MR) is 116 cm³/mol. The van der Waals surface area contributed by atoms with Crippen LogP contribution in [-0.4, -0.2) is 55.9 Å². The van der Waals surface area contributed by atoms with Crippen LogP contribution < -0.4 is 0 Å². The van der Waals surface area contributed by atoms with Crippen molar-refractivity contribution >= 4 is 21.5 Å². The molecule has 4 rings (SSSR count). The number of hydrogen-bond donors (Lipinski definition) is 1. The zero-order valence-electron chi connectivity index (χ0n) is 17.1. The number of hydrogen-bond acceptors (Lipinski definition) is 6. The molecule has 2 aliphatic rings. The van der Waals surface area contributed by atoms with Crippen LogP contribution in [0.5, 0.6) is 5.75 Å². The normalized spacial score (nSPS) is 22.7. The van der Waals surface area contributed by atoms with Crippen molar-refractivity contribution < 1.29 is 27.4 Å². The van der Waals surface area contributed by atoms with Gasteiger partial charge >= 0.3 is 0 Å². The molecule has 1 saturated heterocycles. The van der Waals surface area contributed by atoms with Gasteiger partial charge in [-0.15, -0.1) is 0 Å². The Kier molecular flexibility index (Phi) is 6.22. The molecule has 0 radical (unpaired) electrons. The molecule has 0 saturated carbocycles. The van der Waals surface area contributed by atoms with E-state index in [1.165, 1.54) is 12.1 Å². The molecule has 164 valence electrons. The summed E-state index contributed by atoms with van der Waals surface area (Å²) in [6.45, 7) is 0.446. The van der Waals surface area contributed by atoms with E-state index < -0.39 is 26.7 Å². The third kappa shape index (κ3) is 4.56. The summed E-state index contributed by atoms with van der Waals surface area (Å²) < 4.78 is 49.9. The molecule has 3 heterocycles. The number of phenolic OH excluding ortho intramolecular Hbond substituents is 1. The Morgan fingerprint density at radius 3 is 2.90 bits per heavy atom. The molecule has 1 N–H and O–H groups in total. The highest BCUT2D eigenvalue weighted by molar-refractivity contribution is 7.92. The Hall–Kier alpha value is -2.55. The van der Waals surface area contributed by atoms with Crippen LogP contribution in [0.3, 0.4) is 0 Å². The summed E-state index contributed by atoms with van der Waals surface area (Å²) in [6, 6.07) is 9.77. The van der Waals surface area contributed by atoms with Gasteiger partial charge in [0.2, 0.25) is 0 Å². The molecule has 1 fully saturated rings. The van der Waals surface area contributed by atoms with Crippen LogP contribution in [0.2, 0.25) is 0 Å². The number of sulfone groups is 1. The number of methoxy groups -OCH3 is 1. The van der Waals surface area contributed by atoms with Crippen LogP contribution in [0, 0.1) is 5.82 Å². The van der Waals surface area contributed by atoms with Gasteiger partial charge in [-0.05, 0) is 65.5 Å². The molecular formula is C23H24FNO5S. The highest BCUT2D eigenvalue weighted by atomic mass is 32.2. The zero-order valence-corrected chi connectivity index (χ0v) is 17.9. The molecule has 6 nitrogen and oxygen atoms in total. The maximum Gasteiger partial charge on any atom is 0.165 e. The molecular weight excluding hydrogens is 421 g/mol. The summed E-state index contributed by atoms with van der Waals surface area (Å²) >= 11 is 0. The molecule has 2 atom stereocenters. The number of halogens is 1. The minimum absolute atomic E-state index is 0.0242. The predicted octanol–water partition coefficient (Wildman–Crippen LogP) is 3.39. The van der Waals surface area contributed by atoms with Gasteiger partial charge in [0.05, 0.1) is 30.8 Å². The summed E-state index contributed by atoms with van der Waals surface area (Å²) in [5, 5.41) is 8.86. The number of rotatable bonds is 7. The van der Waals surface area contributed by atoms with Gasteiger partial charge in [-0.25, -0.2) is 12.8 Å². The molecule has 1 aromatic heterocycles. The average molecular weight is 446 g/mol. The van der Waals surface area contributed by atoms with Gasteiger partial charge in [0.25, 0.3) is 0 Å². The number of aromatic hydroxyl groups is 1. The fourth-order valence-corrected chi connectivity index (χ4v) is 6.16. The third-order valence-corrected chi connectivity index (χ3v) is 7.67. The largest absolute Gasteiger partial charge is 0.505 e. The van der Waals surface area contributed by atoms with Crippen LogP contribution in [-0.2, 0) is 19.3 Å². The number of aromatic nitrogens is 1. The molecule has 0 amide bonds. The van der Waals surface area contributed by atoms with Crippen molar-refractivity contribution in [3.63, 3.8) is 0 Å². The first-order valence-corrected chi connectivity index (χ1v) is 11.7. The van der Waals surface area contributed by atoms with Crippen LogP contribution in [0.15, 0.2) is 53.7 Å². The highest BCUT2D eigenvalue weighted by Crippen LogP contribution is 2.39. The molecule has 31 heavy (non-hydrogen) atoms. The number of nitrogens with zero attached hydrogens (tertiary/aromatic N) is 1. The Balaban J connectivity index is 1.60. The number of fused-ring (bicyclic) bond motifs is 1. The second-order valence-electron chi connectivity index (χ2n) is 7.74. The Bertz CT molecular complexity index is 1130. The van der Waals surface area contributed by atoms with E-state index in [0.717, 1.165) is 22.4 Å². The van der Waals surface area contributed by atoms with Gasteiger partial charge in [-0.1, -0.05) is 12.1 Å². The van der Waals surface area contributed by atoms with Crippen LogP contribution in [0.25, 0.3) is 11.6 Å². The van der Waals surface area contributed by atoms with E-state index >= 15 is 0 Å².